The van der Waals surface area contributed by atoms with Gasteiger partial charge in [0.1, 0.15) is 5.78 Å². The van der Waals surface area contributed by atoms with Gasteiger partial charge in [0, 0.05) is 0 Å². The van der Waals surface area contributed by atoms with Gasteiger partial charge in [0.15, 0.2) is 0 Å². The summed E-state index contributed by atoms with van der Waals surface area (Å²) in [7, 11) is 0. The number of hydrogen-bond acceptors (Lipinski definition) is 3. The molecule has 21 heavy (non-hydrogen) atoms. The topological polar surface area (TPSA) is 60.2 Å². The largest absolute Gasteiger partial charge is 0.369 e. The molecule has 1 aromatic carbocycles. The Bertz CT molecular complexity index is 475. The van der Waals surface area contributed by atoms with Crippen molar-refractivity contribution in [1.29, 1.82) is 0 Å². The van der Waals surface area contributed by atoms with E-state index in [0.29, 0.717) is 6.42 Å². The van der Waals surface area contributed by atoms with Crippen LogP contribution in [0.4, 0.5) is 0 Å². The average Bonchev–Trinajstić information content (AvgIpc) is 2.48. The zero-order valence-corrected chi connectivity index (χ0v) is 13.9. The fourth-order valence-electron chi connectivity index (χ4n) is 2.49. The highest BCUT2D eigenvalue weighted by molar-refractivity contribution is 8.02. The highest BCUT2D eigenvalue weighted by Crippen LogP contribution is 2.44. The van der Waals surface area contributed by atoms with Gasteiger partial charge in [-0.05, 0) is 25.3 Å². The van der Waals surface area contributed by atoms with E-state index in [1.165, 1.54) is 11.8 Å². The van der Waals surface area contributed by atoms with Gasteiger partial charge < -0.3 is 5.73 Å². The first-order chi connectivity index (χ1) is 9.97. The number of hydrogen-bond donors (Lipinski definition) is 1. The van der Waals surface area contributed by atoms with E-state index in [1.54, 1.807) is 6.92 Å². The number of nitrogens with two attached hydrogens (primary N) is 1. The quantitative estimate of drug-likeness (QED) is 0.757. The fourth-order valence-corrected chi connectivity index (χ4v) is 3.98. The van der Waals surface area contributed by atoms with E-state index in [1.807, 2.05) is 37.3 Å². The first-order valence-electron chi connectivity index (χ1n) is 7.51. The predicted molar refractivity (Wildman–Crippen MR) is 89.2 cm³/mol. The molecule has 3 nitrogen and oxygen atoms in total. The van der Waals surface area contributed by atoms with Crippen LogP contribution in [0.15, 0.2) is 30.3 Å². The van der Waals surface area contributed by atoms with Crippen molar-refractivity contribution >= 4 is 23.5 Å². The number of amides is 1. The van der Waals surface area contributed by atoms with Crippen molar-refractivity contribution in [2.75, 3.05) is 0 Å². The van der Waals surface area contributed by atoms with E-state index >= 15 is 0 Å². The maximum Gasteiger partial charge on any atom is 0.230 e. The summed E-state index contributed by atoms with van der Waals surface area (Å²) < 4.78 is -0.686. The third-order valence-corrected chi connectivity index (χ3v) is 5.75. The van der Waals surface area contributed by atoms with Crippen LogP contribution in [0.5, 0.6) is 0 Å². The van der Waals surface area contributed by atoms with Gasteiger partial charge in [-0.1, -0.05) is 57.0 Å². The minimum Gasteiger partial charge on any atom is -0.369 e. The van der Waals surface area contributed by atoms with Crippen LogP contribution in [0.2, 0.25) is 0 Å². The Balaban J connectivity index is 3.13. The summed E-state index contributed by atoms with van der Waals surface area (Å²) in [4.78, 5) is 24.1. The molecule has 4 heteroatoms. The Morgan fingerprint density at radius 1 is 1.24 bits per heavy atom. The molecule has 0 heterocycles. The molecule has 0 fully saturated rings. The van der Waals surface area contributed by atoms with Crippen molar-refractivity contribution in [3.63, 3.8) is 0 Å². The van der Waals surface area contributed by atoms with Crippen LogP contribution in [-0.4, -0.2) is 16.9 Å². The molecule has 2 N–H and O–H groups in total. The van der Waals surface area contributed by atoms with E-state index in [-0.39, 0.29) is 16.9 Å². The van der Waals surface area contributed by atoms with Gasteiger partial charge in [-0.3, -0.25) is 9.59 Å². The van der Waals surface area contributed by atoms with E-state index in [2.05, 4.69) is 6.92 Å². The van der Waals surface area contributed by atoms with E-state index in [0.717, 1.165) is 24.8 Å². The number of benzene rings is 1. The van der Waals surface area contributed by atoms with Crippen molar-refractivity contribution in [1.82, 2.24) is 0 Å². The Kier molecular flexibility index (Phi) is 6.96. The number of primary amides is 1. The number of ketones is 1. The maximum atomic E-state index is 12.4. The molecule has 0 radical (unpaired) electrons. The lowest BCUT2D eigenvalue weighted by Crippen LogP contribution is -2.36. The predicted octanol–water partition coefficient (Wildman–Crippen LogP) is 3.66. The number of rotatable bonds is 9. The molecule has 116 valence electrons. The monoisotopic (exact) mass is 307 g/mol. The van der Waals surface area contributed by atoms with Crippen LogP contribution in [-0.2, 0) is 14.3 Å². The van der Waals surface area contributed by atoms with Gasteiger partial charge in [-0.15, -0.1) is 11.8 Å². The lowest BCUT2D eigenvalue weighted by atomic mass is 9.92. The lowest BCUT2D eigenvalue weighted by molar-refractivity contribution is -0.119. The second kappa shape index (κ2) is 8.23. The Morgan fingerprint density at radius 2 is 1.86 bits per heavy atom. The molecule has 2 atom stereocenters. The zero-order chi connectivity index (χ0) is 15.9. The van der Waals surface area contributed by atoms with Crippen molar-refractivity contribution in [3.8, 4) is 0 Å². The summed E-state index contributed by atoms with van der Waals surface area (Å²) >= 11 is 1.42. The lowest BCUT2D eigenvalue weighted by Gasteiger charge is -2.33. The SMILES string of the molecule is CCCC[C@H](S[C@@](CC)(C(C)=O)c1ccccc1)C(N)=O. The molecule has 1 amide bonds. The molecule has 0 aliphatic carbocycles. The molecule has 0 aromatic heterocycles. The summed E-state index contributed by atoms with van der Waals surface area (Å²) in [5.74, 6) is -0.257. The second-order valence-corrected chi connectivity index (χ2v) is 6.76. The molecular formula is C17H25NO2S. The number of Topliss-reactive ketones (excluding diaryl/α,β-unsaturated/α-hetero) is 1. The Hall–Kier alpha value is -1.29. The summed E-state index contributed by atoms with van der Waals surface area (Å²) in [6, 6.07) is 9.69. The first-order valence-corrected chi connectivity index (χ1v) is 8.39. The molecule has 1 rings (SSSR count). The van der Waals surface area contributed by atoms with Crippen LogP contribution < -0.4 is 5.73 Å². The highest BCUT2D eigenvalue weighted by Gasteiger charge is 2.39. The van der Waals surface area contributed by atoms with Crippen LogP contribution >= 0.6 is 11.8 Å². The van der Waals surface area contributed by atoms with Crippen LogP contribution in [0.1, 0.15) is 52.0 Å². The molecule has 0 aliphatic heterocycles. The molecule has 1 aromatic rings. The van der Waals surface area contributed by atoms with Gasteiger partial charge in [-0.25, -0.2) is 0 Å². The van der Waals surface area contributed by atoms with Gasteiger partial charge >= 0.3 is 0 Å². The van der Waals surface area contributed by atoms with E-state index in [9.17, 15) is 9.59 Å². The molecule has 0 bridgehead atoms. The molecule has 0 saturated heterocycles. The maximum absolute atomic E-state index is 12.4. The summed E-state index contributed by atoms with van der Waals surface area (Å²) in [6.07, 6.45) is 3.31. The third kappa shape index (κ3) is 4.34. The summed E-state index contributed by atoms with van der Waals surface area (Å²) in [5.41, 5.74) is 6.50. The molecular weight excluding hydrogens is 282 g/mol. The standard InChI is InChI=1S/C17H25NO2S/c1-4-6-12-15(16(18)20)21-17(5-2,13(3)19)14-10-8-7-9-11-14/h7-11,15H,4-6,12H2,1-3H3,(H2,18,20)/t15-,17-/m0/s1. The van der Waals surface area contributed by atoms with Gasteiger partial charge in [-0.2, -0.15) is 0 Å². The van der Waals surface area contributed by atoms with Crippen molar-refractivity contribution in [2.45, 2.75) is 56.5 Å². The number of thioether (sulfide) groups is 1. The number of carbonyl (C=O) groups is 2. The average molecular weight is 307 g/mol. The van der Waals surface area contributed by atoms with Crippen molar-refractivity contribution in [2.24, 2.45) is 5.73 Å². The Labute approximate surface area is 131 Å². The summed E-state index contributed by atoms with van der Waals surface area (Å²) in [5, 5.41) is -0.325. The van der Waals surface area contributed by atoms with Crippen LogP contribution in [0, 0.1) is 0 Å². The van der Waals surface area contributed by atoms with Gasteiger partial charge in [0.25, 0.3) is 0 Å². The van der Waals surface area contributed by atoms with Gasteiger partial charge in [0.2, 0.25) is 5.91 Å². The van der Waals surface area contributed by atoms with E-state index in [4.69, 9.17) is 5.73 Å². The van der Waals surface area contributed by atoms with E-state index < -0.39 is 4.75 Å². The zero-order valence-electron chi connectivity index (χ0n) is 13.1. The van der Waals surface area contributed by atoms with Gasteiger partial charge in [0.05, 0.1) is 10.00 Å². The van der Waals surface area contributed by atoms with Crippen molar-refractivity contribution < 1.29 is 9.59 Å². The molecule has 0 saturated carbocycles. The number of carbonyl (C=O) groups excluding carboxylic acids is 2. The number of unbranched alkanes of at least 4 members (excludes halogenated alkanes) is 1. The molecule has 0 unspecified atom stereocenters. The minimum atomic E-state index is -0.686. The summed E-state index contributed by atoms with van der Waals surface area (Å²) in [6.45, 7) is 5.67. The van der Waals surface area contributed by atoms with Crippen molar-refractivity contribution in [3.05, 3.63) is 35.9 Å². The molecule has 0 aliphatic rings. The third-order valence-electron chi connectivity index (χ3n) is 3.79. The minimum absolute atomic E-state index is 0.0731. The Morgan fingerprint density at radius 3 is 2.29 bits per heavy atom. The van der Waals surface area contributed by atoms with Crippen LogP contribution in [0.3, 0.4) is 0 Å². The smallest absolute Gasteiger partial charge is 0.230 e. The first kappa shape index (κ1) is 17.8. The second-order valence-electron chi connectivity index (χ2n) is 5.25. The fraction of sp³-hybridized carbons (Fsp3) is 0.529. The normalized spacial score (nSPS) is 15.2. The molecule has 0 spiro atoms. The van der Waals surface area contributed by atoms with Crippen LogP contribution in [0.25, 0.3) is 0 Å². The highest BCUT2D eigenvalue weighted by atomic mass is 32.2.